The zero-order valence-corrected chi connectivity index (χ0v) is 14.7. The molecule has 1 aromatic heterocycles. The normalized spacial score (nSPS) is 12.9. The maximum Gasteiger partial charge on any atom is 0.160 e. The lowest BCUT2D eigenvalue weighted by atomic mass is 10.1. The fourth-order valence-electron chi connectivity index (χ4n) is 3.50. The van der Waals surface area contributed by atoms with Gasteiger partial charge in [-0.3, -0.25) is 0 Å². The molecule has 1 heterocycles. The SMILES string of the molecule is CC(C)=c1c(C)nnc(Nc2ccc3c(c2)CCC3)c1=C(C)C. The molecular weight excluding hydrogens is 282 g/mol. The molecule has 2 aromatic rings. The molecule has 0 fully saturated rings. The second-order valence-corrected chi connectivity index (χ2v) is 6.85. The third kappa shape index (κ3) is 3.00. The number of fused-ring (bicyclic) bond motifs is 1. The summed E-state index contributed by atoms with van der Waals surface area (Å²) in [6, 6.07) is 6.66. The molecular formula is C20H25N3. The van der Waals surface area contributed by atoms with Crippen molar-refractivity contribution in [2.24, 2.45) is 0 Å². The average molecular weight is 307 g/mol. The zero-order chi connectivity index (χ0) is 16.6. The van der Waals surface area contributed by atoms with E-state index in [0.29, 0.717) is 0 Å². The van der Waals surface area contributed by atoms with Crippen LogP contribution in [0, 0.1) is 6.92 Å². The Morgan fingerprint density at radius 1 is 0.913 bits per heavy atom. The van der Waals surface area contributed by atoms with E-state index < -0.39 is 0 Å². The molecule has 1 N–H and O–H groups in total. The van der Waals surface area contributed by atoms with Crippen molar-refractivity contribution >= 4 is 22.7 Å². The highest BCUT2D eigenvalue weighted by atomic mass is 15.2. The van der Waals surface area contributed by atoms with E-state index in [0.717, 1.165) is 17.2 Å². The Balaban J connectivity index is 2.14. The predicted octanol–water partition coefficient (Wildman–Crippen LogP) is 3.40. The molecule has 3 rings (SSSR count). The molecule has 0 atom stereocenters. The maximum atomic E-state index is 4.44. The van der Waals surface area contributed by atoms with Gasteiger partial charge in [-0.15, -0.1) is 5.10 Å². The van der Waals surface area contributed by atoms with Crippen LogP contribution in [0.1, 0.15) is 50.9 Å². The van der Waals surface area contributed by atoms with Crippen LogP contribution in [0.15, 0.2) is 18.2 Å². The first-order valence-electron chi connectivity index (χ1n) is 8.34. The molecule has 3 heteroatoms. The number of aryl methyl sites for hydroxylation is 3. The maximum absolute atomic E-state index is 4.44. The summed E-state index contributed by atoms with van der Waals surface area (Å²) in [6.07, 6.45) is 3.66. The predicted molar refractivity (Wildman–Crippen MR) is 97.3 cm³/mol. The molecule has 0 spiro atoms. The highest BCUT2D eigenvalue weighted by Gasteiger charge is 2.12. The summed E-state index contributed by atoms with van der Waals surface area (Å²) in [7, 11) is 0. The van der Waals surface area contributed by atoms with Gasteiger partial charge in [0.25, 0.3) is 0 Å². The Morgan fingerprint density at radius 3 is 2.30 bits per heavy atom. The van der Waals surface area contributed by atoms with Crippen molar-refractivity contribution in [3.05, 3.63) is 45.5 Å². The topological polar surface area (TPSA) is 37.8 Å². The summed E-state index contributed by atoms with van der Waals surface area (Å²) in [5.41, 5.74) is 7.56. The Morgan fingerprint density at radius 2 is 1.61 bits per heavy atom. The molecule has 23 heavy (non-hydrogen) atoms. The van der Waals surface area contributed by atoms with Gasteiger partial charge in [0.15, 0.2) is 5.82 Å². The van der Waals surface area contributed by atoms with Gasteiger partial charge in [0.05, 0.1) is 5.69 Å². The van der Waals surface area contributed by atoms with Crippen LogP contribution in [-0.2, 0) is 12.8 Å². The fourth-order valence-corrected chi connectivity index (χ4v) is 3.50. The number of rotatable bonds is 2. The third-order valence-corrected chi connectivity index (χ3v) is 4.51. The lowest BCUT2D eigenvalue weighted by Crippen LogP contribution is -2.35. The average Bonchev–Trinajstić information content (AvgIpc) is 2.95. The highest BCUT2D eigenvalue weighted by molar-refractivity contribution is 5.63. The van der Waals surface area contributed by atoms with E-state index in [9.17, 15) is 0 Å². The van der Waals surface area contributed by atoms with Gasteiger partial charge in [-0.2, -0.15) is 5.10 Å². The summed E-state index contributed by atoms with van der Waals surface area (Å²) < 4.78 is 0. The Hall–Kier alpha value is -2.16. The molecule has 0 bridgehead atoms. The standard InChI is InChI=1S/C20H25N3/c1-12(2)18-14(5)22-23-20(19(18)13(3)4)21-17-10-9-15-7-6-8-16(15)11-17/h9-11H,6-8H2,1-5H3,(H,21,23). The number of anilines is 2. The highest BCUT2D eigenvalue weighted by Crippen LogP contribution is 2.25. The van der Waals surface area contributed by atoms with Gasteiger partial charge in [0.1, 0.15) is 0 Å². The van der Waals surface area contributed by atoms with Crippen LogP contribution >= 0.6 is 0 Å². The molecule has 0 amide bonds. The van der Waals surface area contributed by atoms with Crippen LogP contribution in [0.2, 0.25) is 0 Å². The number of hydrogen-bond donors (Lipinski definition) is 1. The molecule has 0 saturated heterocycles. The number of nitrogens with zero attached hydrogens (tertiary/aromatic N) is 2. The molecule has 1 aliphatic carbocycles. The van der Waals surface area contributed by atoms with Crippen molar-refractivity contribution in [3.63, 3.8) is 0 Å². The minimum absolute atomic E-state index is 0.852. The van der Waals surface area contributed by atoms with Gasteiger partial charge in [-0.05, 0) is 77.1 Å². The smallest absolute Gasteiger partial charge is 0.160 e. The van der Waals surface area contributed by atoms with Gasteiger partial charge in [0.2, 0.25) is 0 Å². The zero-order valence-electron chi connectivity index (χ0n) is 14.7. The first kappa shape index (κ1) is 15.7. The first-order valence-corrected chi connectivity index (χ1v) is 8.34. The second kappa shape index (κ2) is 6.15. The third-order valence-electron chi connectivity index (χ3n) is 4.51. The Bertz CT molecular complexity index is 870. The quantitative estimate of drug-likeness (QED) is 0.924. The van der Waals surface area contributed by atoms with Crippen LogP contribution in [0.4, 0.5) is 11.5 Å². The first-order chi connectivity index (χ1) is 11.0. The summed E-state index contributed by atoms with van der Waals surface area (Å²) in [4.78, 5) is 0. The molecule has 0 unspecified atom stereocenters. The number of nitrogens with one attached hydrogen (secondary N) is 1. The lowest BCUT2D eigenvalue weighted by molar-refractivity contribution is 0.912. The molecule has 0 radical (unpaired) electrons. The van der Waals surface area contributed by atoms with E-state index in [1.54, 1.807) is 0 Å². The second-order valence-electron chi connectivity index (χ2n) is 6.85. The van der Waals surface area contributed by atoms with Crippen molar-refractivity contribution in [2.75, 3.05) is 5.32 Å². The van der Waals surface area contributed by atoms with Gasteiger partial charge in [0, 0.05) is 16.1 Å². The van der Waals surface area contributed by atoms with Gasteiger partial charge >= 0.3 is 0 Å². The molecule has 3 nitrogen and oxygen atoms in total. The molecule has 0 aliphatic heterocycles. The van der Waals surface area contributed by atoms with E-state index in [-0.39, 0.29) is 0 Å². The van der Waals surface area contributed by atoms with Crippen molar-refractivity contribution < 1.29 is 0 Å². The van der Waals surface area contributed by atoms with Crippen molar-refractivity contribution in [3.8, 4) is 0 Å². The minimum Gasteiger partial charge on any atom is -0.338 e. The van der Waals surface area contributed by atoms with Gasteiger partial charge in [-0.25, -0.2) is 0 Å². The van der Waals surface area contributed by atoms with Crippen molar-refractivity contribution in [1.29, 1.82) is 0 Å². The minimum atomic E-state index is 0.852. The molecule has 1 aromatic carbocycles. The van der Waals surface area contributed by atoms with Crippen molar-refractivity contribution in [1.82, 2.24) is 10.2 Å². The van der Waals surface area contributed by atoms with Gasteiger partial charge < -0.3 is 5.32 Å². The summed E-state index contributed by atoms with van der Waals surface area (Å²) in [6.45, 7) is 10.6. The number of benzene rings is 1. The summed E-state index contributed by atoms with van der Waals surface area (Å²) >= 11 is 0. The van der Waals surface area contributed by atoms with Crippen LogP contribution in [0.5, 0.6) is 0 Å². The molecule has 1 aliphatic rings. The van der Waals surface area contributed by atoms with Crippen LogP contribution in [0.3, 0.4) is 0 Å². The van der Waals surface area contributed by atoms with E-state index in [1.165, 1.54) is 52.0 Å². The largest absolute Gasteiger partial charge is 0.338 e. The van der Waals surface area contributed by atoms with Crippen molar-refractivity contribution in [2.45, 2.75) is 53.9 Å². The Labute approximate surface area is 138 Å². The number of hydrogen-bond acceptors (Lipinski definition) is 3. The summed E-state index contributed by atoms with van der Waals surface area (Å²) in [5.74, 6) is 0.852. The van der Waals surface area contributed by atoms with Crippen LogP contribution in [0.25, 0.3) is 11.1 Å². The van der Waals surface area contributed by atoms with E-state index in [1.807, 2.05) is 6.92 Å². The lowest BCUT2D eigenvalue weighted by Gasteiger charge is -2.11. The summed E-state index contributed by atoms with van der Waals surface area (Å²) in [5, 5.41) is 14.7. The molecule has 0 saturated carbocycles. The monoisotopic (exact) mass is 307 g/mol. The Kier molecular flexibility index (Phi) is 4.20. The van der Waals surface area contributed by atoms with E-state index in [4.69, 9.17) is 0 Å². The van der Waals surface area contributed by atoms with E-state index >= 15 is 0 Å². The van der Waals surface area contributed by atoms with E-state index in [2.05, 4.69) is 61.4 Å². The fraction of sp³-hybridized carbons (Fsp3) is 0.400. The van der Waals surface area contributed by atoms with Crippen LogP contribution < -0.4 is 15.8 Å². The number of aromatic nitrogens is 2. The van der Waals surface area contributed by atoms with Crippen LogP contribution in [-0.4, -0.2) is 10.2 Å². The van der Waals surface area contributed by atoms with Gasteiger partial charge in [-0.1, -0.05) is 17.2 Å². The molecule has 120 valence electrons.